The van der Waals surface area contributed by atoms with Gasteiger partial charge in [-0.25, -0.2) is 13.1 Å². The molecule has 20 heavy (non-hydrogen) atoms. The van der Waals surface area contributed by atoms with Crippen LogP contribution in [0.1, 0.15) is 32.3 Å². The maximum Gasteiger partial charge on any atom is 0.240 e. The number of sulfonamides is 1. The number of hydrogen-bond acceptors (Lipinski definition) is 3. The Hall–Kier alpha value is -0.620. The summed E-state index contributed by atoms with van der Waals surface area (Å²) < 4.78 is 26.8. The fourth-order valence-corrected chi connectivity index (χ4v) is 3.24. The monoisotopic (exact) mass is 316 g/mol. The molecule has 2 N–H and O–H groups in total. The Morgan fingerprint density at radius 1 is 1.35 bits per heavy atom. The zero-order valence-corrected chi connectivity index (χ0v) is 13.4. The third kappa shape index (κ3) is 4.45. The second kappa shape index (κ2) is 6.43. The third-order valence-electron chi connectivity index (χ3n) is 3.29. The minimum atomic E-state index is -3.44. The topological polar surface area (TPSA) is 58.2 Å². The number of nitrogens with one attached hydrogen (secondary N) is 2. The van der Waals surface area contributed by atoms with Crippen molar-refractivity contribution in [3.05, 3.63) is 28.8 Å². The lowest BCUT2D eigenvalue weighted by molar-refractivity contribution is 0.576. The molecular formula is C14H21ClN2O2S. The molecule has 2 rings (SSSR count). The van der Waals surface area contributed by atoms with Crippen LogP contribution in [-0.2, 0) is 16.6 Å². The first kappa shape index (κ1) is 15.8. The van der Waals surface area contributed by atoms with Crippen LogP contribution in [0.4, 0.5) is 0 Å². The Balaban J connectivity index is 2.06. The summed E-state index contributed by atoms with van der Waals surface area (Å²) in [6.07, 6.45) is 2.23. The van der Waals surface area contributed by atoms with E-state index in [1.165, 1.54) is 6.07 Å². The van der Waals surface area contributed by atoms with Crippen LogP contribution in [0.25, 0.3) is 0 Å². The van der Waals surface area contributed by atoms with E-state index in [0.29, 0.717) is 30.1 Å². The molecule has 1 aromatic carbocycles. The van der Waals surface area contributed by atoms with Crippen LogP contribution in [-0.4, -0.2) is 21.0 Å². The number of halogens is 1. The molecule has 1 aliphatic carbocycles. The zero-order chi connectivity index (χ0) is 14.8. The molecule has 6 heteroatoms. The molecule has 0 atom stereocenters. The summed E-state index contributed by atoms with van der Waals surface area (Å²) in [5.41, 5.74) is 0.904. The van der Waals surface area contributed by atoms with Crippen LogP contribution < -0.4 is 10.0 Å². The van der Waals surface area contributed by atoms with Gasteiger partial charge in [-0.15, -0.1) is 0 Å². The van der Waals surface area contributed by atoms with Crippen molar-refractivity contribution in [2.75, 3.05) is 6.54 Å². The second-order valence-electron chi connectivity index (χ2n) is 5.58. The SMILES string of the molecule is CC(C)NCc1ccc(S(=O)(=O)NCC2CC2)cc1Cl. The lowest BCUT2D eigenvalue weighted by atomic mass is 10.2. The molecule has 4 nitrogen and oxygen atoms in total. The molecule has 0 radical (unpaired) electrons. The number of hydrogen-bond donors (Lipinski definition) is 2. The lowest BCUT2D eigenvalue weighted by Gasteiger charge is -2.11. The second-order valence-corrected chi connectivity index (χ2v) is 7.76. The van der Waals surface area contributed by atoms with Gasteiger partial charge in [-0.2, -0.15) is 0 Å². The van der Waals surface area contributed by atoms with Crippen molar-refractivity contribution >= 4 is 21.6 Å². The average Bonchev–Trinajstić information content (AvgIpc) is 3.18. The molecule has 0 aromatic heterocycles. The molecule has 0 saturated heterocycles. The summed E-state index contributed by atoms with van der Waals surface area (Å²) in [6.45, 7) is 5.26. The highest BCUT2D eigenvalue weighted by atomic mass is 35.5. The molecule has 0 amide bonds. The van der Waals surface area contributed by atoms with E-state index < -0.39 is 10.0 Å². The summed E-state index contributed by atoms with van der Waals surface area (Å²) in [6, 6.07) is 5.25. The van der Waals surface area contributed by atoms with Gasteiger partial charge in [-0.05, 0) is 36.5 Å². The van der Waals surface area contributed by atoms with E-state index in [9.17, 15) is 8.42 Å². The van der Waals surface area contributed by atoms with Gasteiger partial charge in [0.1, 0.15) is 0 Å². The van der Waals surface area contributed by atoms with Crippen molar-refractivity contribution in [1.29, 1.82) is 0 Å². The average molecular weight is 317 g/mol. The van der Waals surface area contributed by atoms with Crippen molar-refractivity contribution in [3.8, 4) is 0 Å². The highest BCUT2D eigenvalue weighted by Gasteiger charge is 2.24. The van der Waals surface area contributed by atoms with Crippen molar-refractivity contribution in [2.45, 2.75) is 44.2 Å². The van der Waals surface area contributed by atoms with Crippen LogP contribution in [0, 0.1) is 5.92 Å². The van der Waals surface area contributed by atoms with Gasteiger partial charge >= 0.3 is 0 Å². The molecule has 0 unspecified atom stereocenters. The summed E-state index contributed by atoms with van der Waals surface area (Å²) in [4.78, 5) is 0.233. The van der Waals surface area contributed by atoms with Gasteiger partial charge in [-0.1, -0.05) is 31.5 Å². The van der Waals surface area contributed by atoms with Crippen molar-refractivity contribution in [1.82, 2.24) is 10.0 Å². The predicted molar refractivity (Wildman–Crippen MR) is 81.3 cm³/mol. The zero-order valence-electron chi connectivity index (χ0n) is 11.8. The van der Waals surface area contributed by atoms with E-state index in [1.807, 2.05) is 0 Å². The molecule has 1 aromatic rings. The fraction of sp³-hybridized carbons (Fsp3) is 0.571. The van der Waals surface area contributed by atoms with Gasteiger partial charge in [0, 0.05) is 24.2 Å². The van der Waals surface area contributed by atoms with E-state index in [1.54, 1.807) is 12.1 Å². The normalized spacial score (nSPS) is 15.8. The van der Waals surface area contributed by atoms with Gasteiger partial charge in [0.05, 0.1) is 4.90 Å². The van der Waals surface area contributed by atoms with Crippen molar-refractivity contribution in [3.63, 3.8) is 0 Å². The Kier molecular flexibility index (Phi) is 5.07. The van der Waals surface area contributed by atoms with Crippen LogP contribution in [0.15, 0.2) is 23.1 Å². The summed E-state index contributed by atoms with van der Waals surface area (Å²) in [7, 11) is -3.44. The fourth-order valence-electron chi connectivity index (χ4n) is 1.79. The van der Waals surface area contributed by atoms with Gasteiger partial charge in [0.15, 0.2) is 0 Å². The van der Waals surface area contributed by atoms with E-state index in [2.05, 4.69) is 23.9 Å². The van der Waals surface area contributed by atoms with E-state index in [-0.39, 0.29) is 4.90 Å². The molecule has 0 bridgehead atoms. The van der Waals surface area contributed by atoms with Gasteiger partial charge in [0.2, 0.25) is 10.0 Å². The summed E-state index contributed by atoms with van der Waals surface area (Å²) >= 11 is 6.16. The minimum Gasteiger partial charge on any atom is -0.310 e. The Labute approximate surface area is 126 Å². The van der Waals surface area contributed by atoms with E-state index in [0.717, 1.165) is 18.4 Å². The van der Waals surface area contributed by atoms with Gasteiger partial charge in [0.25, 0.3) is 0 Å². The first-order valence-corrected chi connectivity index (χ1v) is 8.76. The smallest absolute Gasteiger partial charge is 0.240 e. The van der Waals surface area contributed by atoms with Crippen LogP contribution in [0.3, 0.4) is 0 Å². The molecule has 112 valence electrons. The minimum absolute atomic E-state index is 0.233. The Morgan fingerprint density at radius 2 is 2.05 bits per heavy atom. The van der Waals surface area contributed by atoms with E-state index in [4.69, 9.17) is 11.6 Å². The number of rotatable bonds is 7. The lowest BCUT2D eigenvalue weighted by Crippen LogP contribution is -2.26. The van der Waals surface area contributed by atoms with Gasteiger partial charge in [-0.3, -0.25) is 0 Å². The summed E-state index contributed by atoms with van der Waals surface area (Å²) in [5, 5.41) is 3.74. The molecule has 1 aliphatic rings. The van der Waals surface area contributed by atoms with Crippen molar-refractivity contribution in [2.24, 2.45) is 5.92 Å². The highest BCUT2D eigenvalue weighted by molar-refractivity contribution is 7.89. The molecule has 0 heterocycles. The van der Waals surface area contributed by atoms with Gasteiger partial charge < -0.3 is 5.32 Å². The summed E-state index contributed by atoms with van der Waals surface area (Å²) in [5.74, 6) is 0.509. The Bertz CT molecular complexity index is 569. The first-order chi connectivity index (χ1) is 9.38. The molecule has 0 spiro atoms. The van der Waals surface area contributed by atoms with Crippen LogP contribution >= 0.6 is 11.6 Å². The predicted octanol–water partition coefficient (Wildman–Crippen LogP) is 2.53. The molecule has 1 saturated carbocycles. The quantitative estimate of drug-likeness (QED) is 0.812. The van der Waals surface area contributed by atoms with Crippen LogP contribution in [0.5, 0.6) is 0 Å². The maximum absolute atomic E-state index is 12.1. The Morgan fingerprint density at radius 3 is 2.60 bits per heavy atom. The maximum atomic E-state index is 12.1. The standard InChI is InChI=1S/C14H21ClN2O2S/c1-10(2)16-9-12-5-6-13(7-14(12)15)20(18,19)17-8-11-3-4-11/h5-7,10-11,16-17H,3-4,8-9H2,1-2H3. The number of benzene rings is 1. The highest BCUT2D eigenvalue weighted by Crippen LogP contribution is 2.28. The van der Waals surface area contributed by atoms with Crippen molar-refractivity contribution < 1.29 is 8.42 Å². The van der Waals surface area contributed by atoms with E-state index >= 15 is 0 Å². The molecule has 0 aliphatic heterocycles. The molecular weight excluding hydrogens is 296 g/mol. The van der Waals surface area contributed by atoms with Crippen LogP contribution in [0.2, 0.25) is 5.02 Å². The first-order valence-electron chi connectivity index (χ1n) is 6.90. The molecule has 1 fully saturated rings. The largest absolute Gasteiger partial charge is 0.310 e. The third-order valence-corrected chi connectivity index (χ3v) is 5.07.